The molecule has 7 nitrogen and oxygen atoms in total. The number of ether oxygens (including phenoxy) is 2. The van der Waals surface area contributed by atoms with Gasteiger partial charge in [-0.3, -0.25) is 9.69 Å². The highest BCUT2D eigenvalue weighted by molar-refractivity contribution is 7.98. The molecule has 3 aromatic carbocycles. The van der Waals surface area contributed by atoms with Gasteiger partial charge in [0.25, 0.3) is 0 Å². The summed E-state index contributed by atoms with van der Waals surface area (Å²) in [5, 5.41) is 9.56. The fourth-order valence-electron chi connectivity index (χ4n) is 4.98. The van der Waals surface area contributed by atoms with Crippen molar-refractivity contribution >= 4 is 34.8 Å². The van der Waals surface area contributed by atoms with Crippen molar-refractivity contribution < 1.29 is 32.5 Å². The zero-order valence-corrected chi connectivity index (χ0v) is 26.6. The number of carbonyl (C=O) groups is 1. The molecule has 238 valence electrons. The summed E-state index contributed by atoms with van der Waals surface area (Å²) in [4.78, 5) is 22.6. The maximum absolute atomic E-state index is 13.2. The molecule has 1 aliphatic heterocycles. The molecule has 2 heterocycles. The average molecular weight is 658 g/mol. The number of hydrogen-bond acceptors (Lipinski definition) is 8. The van der Waals surface area contributed by atoms with Crippen LogP contribution in [0.2, 0.25) is 0 Å². The molecule has 45 heavy (non-hydrogen) atoms. The van der Waals surface area contributed by atoms with Crippen LogP contribution in [0.1, 0.15) is 28.1 Å². The topological polar surface area (TPSA) is 75.1 Å². The van der Waals surface area contributed by atoms with Crippen molar-refractivity contribution in [3.8, 4) is 22.1 Å². The molecular weight excluding hydrogens is 624 g/mol. The molecular formula is C33H34F3N3O4S2. The number of anilines is 1. The number of aliphatic carboxylic acids is 1. The maximum Gasteiger partial charge on any atom is 0.416 e. The number of nitrogens with zero attached hydrogens (tertiary/aromatic N) is 3. The van der Waals surface area contributed by atoms with E-state index in [1.54, 1.807) is 18.9 Å². The zero-order valence-electron chi connectivity index (χ0n) is 25.0. The number of piperazine rings is 1. The summed E-state index contributed by atoms with van der Waals surface area (Å²) < 4.78 is 50.4. The van der Waals surface area contributed by atoms with Gasteiger partial charge >= 0.3 is 12.1 Å². The molecule has 0 saturated carbocycles. The summed E-state index contributed by atoms with van der Waals surface area (Å²) in [7, 11) is 1.65. The van der Waals surface area contributed by atoms with Crippen molar-refractivity contribution in [1.29, 1.82) is 0 Å². The Labute approximate surface area is 268 Å². The molecule has 0 atom stereocenters. The third-order valence-electron chi connectivity index (χ3n) is 7.51. The minimum absolute atomic E-state index is 0.0676. The van der Waals surface area contributed by atoms with Gasteiger partial charge in [-0.25, -0.2) is 4.98 Å². The second-order valence-corrected chi connectivity index (χ2v) is 12.8. The predicted molar refractivity (Wildman–Crippen MR) is 172 cm³/mol. The van der Waals surface area contributed by atoms with E-state index in [9.17, 15) is 18.0 Å². The number of aryl methyl sites for hydroxylation is 1. The Morgan fingerprint density at radius 3 is 2.36 bits per heavy atom. The molecule has 0 spiro atoms. The first kappa shape index (κ1) is 32.6. The number of carboxylic acids is 1. The number of thioether (sulfide) groups is 1. The number of aromatic nitrogens is 1. The van der Waals surface area contributed by atoms with Gasteiger partial charge < -0.3 is 19.5 Å². The number of hydrogen-bond donors (Lipinski definition) is 1. The van der Waals surface area contributed by atoms with Gasteiger partial charge in [0.15, 0.2) is 0 Å². The predicted octanol–water partition coefficient (Wildman–Crippen LogP) is 7.61. The molecule has 1 N–H and O–H groups in total. The van der Waals surface area contributed by atoms with E-state index in [1.165, 1.54) is 23.5 Å². The number of alkyl halides is 3. The Morgan fingerprint density at radius 2 is 1.73 bits per heavy atom. The fourth-order valence-corrected chi connectivity index (χ4v) is 7.16. The lowest BCUT2D eigenvalue weighted by Crippen LogP contribution is -2.46. The molecule has 12 heteroatoms. The van der Waals surface area contributed by atoms with Crippen molar-refractivity contribution in [2.24, 2.45) is 0 Å². The number of thiazole rings is 1. The highest BCUT2D eigenvalue weighted by Gasteiger charge is 2.30. The summed E-state index contributed by atoms with van der Waals surface area (Å²) in [5.41, 5.74) is 2.98. The van der Waals surface area contributed by atoms with E-state index in [0.717, 1.165) is 70.8 Å². The van der Waals surface area contributed by atoms with Crippen LogP contribution >= 0.6 is 23.1 Å². The van der Waals surface area contributed by atoms with E-state index in [0.29, 0.717) is 28.6 Å². The molecule has 4 aromatic rings. The number of benzene rings is 3. The average Bonchev–Trinajstić information content (AvgIpc) is 3.43. The Hall–Kier alpha value is -3.74. The van der Waals surface area contributed by atoms with Gasteiger partial charge in [0.2, 0.25) is 0 Å². The summed E-state index contributed by atoms with van der Waals surface area (Å²) in [6, 6.07) is 19.1. The van der Waals surface area contributed by atoms with Crippen molar-refractivity contribution in [3.05, 3.63) is 88.4 Å². The van der Waals surface area contributed by atoms with Gasteiger partial charge in [0.05, 0.1) is 31.4 Å². The van der Waals surface area contributed by atoms with Crippen LogP contribution in [0.3, 0.4) is 0 Å². The molecule has 0 radical (unpaired) electrons. The van der Waals surface area contributed by atoms with E-state index < -0.39 is 17.7 Å². The molecule has 5 rings (SSSR count). The Kier molecular flexibility index (Phi) is 10.6. The fraction of sp³-hybridized carbons (Fsp3) is 0.333. The lowest BCUT2D eigenvalue weighted by molar-refractivity contribution is -0.138. The summed E-state index contributed by atoms with van der Waals surface area (Å²) in [6.45, 7) is 6.13. The Morgan fingerprint density at radius 1 is 1.02 bits per heavy atom. The monoisotopic (exact) mass is 657 g/mol. The second kappa shape index (κ2) is 14.6. The van der Waals surface area contributed by atoms with Crippen LogP contribution in [0, 0.1) is 6.92 Å². The maximum atomic E-state index is 13.2. The molecule has 0 unspecified atom stereocenters. The molecule has 1 aliphatic rings. The first-order valence-electron chi connectivity index (χ1n) is 14.4. The van der Waals surface area contributed by atoms with Crippen molar-refractivity contribution in [1.82, 2.24) is 9.88 Å². The molecule has 0 amide bonds. The van der Waals surface area contributed by atoms with E-state index in [4.69, 9.17) is 19.6 Å². The normalized spacial score (nSPS) is 14.0. The lowest BCUT2D eigenvalue weighted by atomic mass is 10.1. The molecule has 1 fully saturated rings. The van der Waals surface area contributed by atoms with E-state index >= 15 is 0 Å². The van der Waals surface area contributed by atoms with E-state index in [-0.39, 0.29) is 13.0 Å². The standard InChI is InChI=1S/C33H34F3N3O4S2/c1-22-19-27(11-12-29(22)43-18-13-31(40)41)44-21-30-28(37-32(45-30)23-3-5-24(6-4-23)33(34,35)36)20-38-14-16-39(17-15-38)25-7-9-26(42-2)10-8-25/h3-12,19H,13-18,20-21H2,1-2H3,(H,40,41). The van der Waals surface area contributed by atoms with Crippen molar-refractivity contribution in [2.45, 2.75) is 36.7 Å². The largest absolute Gasteiger partial charge is 0.497 e. The van der Waals surface area contributed by atoms with Crippen LogP contribution in [0.4, 0.5) is 18.9 Å². The minimum atomic E-state index is -4.39. The first-order valence-corrected chi connectivity index (χ1v) is 16.2. The van der Waals surface area contributed by atoms with Crippen LogP contribution in [0.5, 0.6) is 11.5 Å². The molecule has 1 saturated heterocycles. The highest BCUT2D eigenvalue weighted by atomic mass is 32.2. The van der Waals surface area contributed by atoms with E-state index in [1.807, 2.05) is 37.3 Å². The second-order valence-electron chi connectivity index (χ2n) is 10.6. The van der Waals surface area contributed by atoms with Gasteiger partial charge in [-0.2, -0.15) is 13.2 Å². The first-order chi connectivity index (χ1) is 21.6. The summed E-state index contributed by atoms with van der Waals surface area (Å²) >= 11 is 3.16. The SMILES string of the molecule is COc1ccc(N2CCN(Cc3nc(-c4ccc(C(F)(F)F)cc4)sc3CSc3ccc(OCCC(=O)O)c(C)c3)CC2)cc1. The van der Waals surface area contributed by atoms with Gasteiger partial charge in [-0.1, -0.05) is 12.1 Å². The van der Waals surface area contributed by atoms with Crippen LogP contribution in [-0.2, 0) is 23.3 Å². The summed E-state index contributed by atoms with van der Waals surface area (Å²) in [5.74, 6) is 1.22. The number of carboxylic acid groups (broad SMARTS) is 1. The van der Waals surface area contributed by atoms with Crippen molar-refractivity contribution in [2.75, 3.05) is 44.8 Å². The molecule has 0 bridgehead atoms. The third-order valence-corrected chi connectivity index (χ3v) is 9.86. The lowest BCUT2D eigenvalue weighted by Gasteiger charge is -2.36. The molecule has 0 aliphatic carbocycles. The van der Waals surface area contributed by atoms with E-state index in [2.05, 4.69) is 21.9 Å². The number of methoxy groups -OCH3 is 1. The highest BCUT2D eigenvalue weighted by Crippen LogP contribution is 2.36. The van der Waals surface area contributed by atoms with Crippen LogP contribution in [0.15, 0.2) is 71.6 Å². The third kappa shape index (κ3) is 8.71. The van der Waals surface area contributed by atoms with Gasteiger partial charge in [-0.15, -0.1) is 23.1 Å². The van der Waals surface area contributed by atoms with Crippen LogP contribution < -0.4 is 14.4 Å². The van der Waals surface area contributed by atoms with Crippen LogP contribution in [-0.4, -0.2) is 60.9 Å². The summed E-state index contributed by atoms with van der Waals surface area (Å²) in [6.07, 6.45) is -4.46. The Bertz CT molecular complexity index is 1590. The van der Waals surface area contributed by atoms with Crippen molar-refractivity contribution in [3.63, 3.8) is 0 Å². The number of rotatable bonds is 12. The minimum Gasteiger partial charge on any atom is -0.497 e. The number of halogens is 3. The quantitative estimate of drug-likeness (QED) is 0.156. The van der Waals surface area contributed by atoms with Gasteiger partial charge in [-0.05, 0) is 67.1 Å². The van der Waals surface area contributed by atoms with Gasteiger partial charge in [0, 0.05) is 59.5 Å². The zero-order chi connectivity index (χ0) is 32.0. The molecule has 1 aromatic heterocycles. The smallest absolute Gasteiger partial charge is 0.416 e. The Balaban J connectivity index is 1.29. The van der Waals surface area contributed by atoms with Gasteiger partial charge in [0.1, 0.15) is 16.5 Å². The van der Waals surface area contributed by atoms with Crippen LogP contribution in [0.25, 0.3) is 10.6 Å².